The molecule has 0 aliphatic carbocycles. The highest BCUT2D eigenvalue weighted by atomic mass is 19.1. The highest BCUT2D eigenvalue weighted by molar-refractivity contribution is 6.06. The second-order valence-electron chi connectivity index (χ2n) is 12.0. The molecule has 1 aliphatic heterocycles. The van der Waals surface area contributed by atoms with Gasteiger partial charge in [0.25, 0.3) is 5.91 Å². The number of aromatic amines is 1. The number of aliphatic hydroxyl groups is 2. The van der Waals surface area contributed by atoms with Gasteiger partial charge in [-0.3, -0.25) is 9.89 Å². The van der Waals surface area contributed by atoms with Gasteiger partial charge in [-0.2, -0.15) is 5.10 Å². The molecule has 6 rings (SSSR count). The largest absolute Gasteiger partial charge is 0.393 e. The monoisotopic (exact) mass is 570 g/mol. The SMILES string of the molecule is COCC(C)(C)c1c(-c2ccc(C(=O)N3CCCC(O)(CO)C3)cc2)c2cc3[nH]ncc3cc2n1-c1ccc(F)cc1. The van der Waals surface area contributed by atoms with Gasteiger partial charge in [-0.15, -0.1) is 0 Å². The number of likely N-dealkylation sites (tertiary alicyclic amines) is 1. The lowest BCUT2D eigenvalue weighted by molar-refractivity contribution is -0.0598. The molecule has 3 heterocycles. The van der Waals surface area contributed by atoms with Crippen LogP contribution in [-0.4, -0.2) is 74.8 Å². The molecule has 9 heteroatoms. The quantitative estimate of drug-likeness (QED) is 0.250. The van der Waals surface area contributed by atoms with Gasteiger partial charge in [0.1, 0.15) is 11.4 Å². The van der Waals surface area contributed by atoms with Crippen LogP contribution in [0.5, 0.6) is 0 Å². The Hall–Kier alpha value is -4.05. The van der Waals surface area contributed by atoms with E-state index in [1.54, 1.807) is 30.3 Å². The zero-order valence-corrected chi connectivity index (χ0v) is 24.0. The molecule has 1 unspecified atom stereocenters. The molecule has 2 aromatic heterocycles. The smallest absolute Gasteiger partial charge is 0.253 e. The van der Waals surface area contributed by atoms with Crippen molar-refractivity contribution < 1.29 is 24.1 Å². The predicted octanol–water partition coefficient (Wildman–Crippen LogP) is 5.20. The van der Waals surface area contributed by atoms with Crippen LogP contribution in [0.2, 0.25) is 0 Å². The summed E-state index contributed by atoms with van der Waals surface area (Å²) in [4.78, 5) is 15.0. The molecule has 1 atom stereocenters. The number of carbonyl (C=O) groups excluding carboxylic acids is 1. The Morgan fingerprint density at radius 1 is 1.14 bits per heavy atom. The average molecular weight is 571 g/mol. The highest BCUT2D eigenvalue weighted by Gasteiger charge is 2.35. The summed E-state index contributed by atoms with van der Waals surface area (Å²) in [7, 11) is 1.68. The molecular formula is C33H35FN4O4. The molecule has 1 saturated heterocycles. The summed E-state index contributed by atoms with van der Waals surface area (Å²) in [6.45, 7) is 4.94. The van der Waals surface area contributed by atoms with Crippen molar-refractivity contribution in [3.05, 3.63) is 83.9 Å². The van der Waals surface area contributed by atoms with Crippen LogP contribution in [0.15, 0.2) is 66.9 Å². The molecule has 1 aliphatic rings. The molecule has 42 heavy (non-hydrogen) atoms. The van der Waals surface area contributed by atoms with Crippen molar-refractivity contribution in [1.82, 2.24) is 19.7 Å². The number of piperidine rings is 1. The molecular weight excluding hydrogens is 535 g/mol. The van der Waals surface area contributed by atoms with Crippen LogP contribution in [0, 0.1) is 5.82 Å². The maximum absolute atomic E-state index is 14.0. The van der Waals surface area contributed by atoms with Gasteiger partial charge < -0.3 is 24.4 Å². The molecule has 0 spiro atoms. The average Bonchev–Trinajstić information content (AvgIpc) is 3.58. The number of hydrogen-bond acceptors (Lipinski definition) is 5. The number of halogens is 1. The van der Waals surface area contributed by atoms with Gasteiger partial charge in [-0.25, -0.2) is 4.39 Å². The first kappa shape index (κ1) is 28.1. The number of amides is 1. The molecule has 3 aromatic carbocycles. The van der Waals surface area contributed by atoms with Crippen molar-refractivity contribution in [1.29, 1.82) is 0 Å². The van der Waals surface area contributed by atoms with E-state index in [9.17, 15) is 19.4 Å². The molecule has 0 bridgehead atoms. The molecule has 0 saturated carbocycles. The third kappa shape index (κ3) is 4.87. The number of aliphatic hydroxyl groups excluding tert-OH is 1. The summed E-state index contributed by atoms with van der Waals surface area (Å²) in [6, 6.07) is 18.2. The van der Waals surface area contributed by atoms with Crippen molar-refractivity contribution in [3.63, 3.8) is 0 Å². The Balaban J connectivity index is 1.53. The first-order valence-corrected chi connectivity index (χ1v) is 14.1. The number of carbonyl (C=O) groups is 1. The van der Waals surface area contributed by atoms with E-state index in [0.29, 0.717) is 31.6 Å². The first-order valence-electron chi connectivity index (χ1n) is 14.1. The number of nitrogens with one attached hydrogen (secondary N) is 1. The van der Waals surface area contributed by atoms with Crippen LogP contribution in [0.25, 0.3) is 38.6 Å². The number of ether oxygens (including phenoxy) is 1. The van der Waals surface area contributed by atoms with E-state index in [1.165, 1.54) is 12.1 Å². The number of aromatic nitrogens is 3. The molecule has 5 aromatic rings. The van der Waals surface area contributed by atoms with Gasteiger partial charge in [-0.05, 0) is 66.9 Å². The summed E-state index contributed by atoms with van der Waals surface area (Å²) in [5, 5.41) is 29.5. The van der Waals surface area contributed by atoms with Crippen molar-refractivity contribution >= 4 is 27.7 Å². The van der Waals surface area contributed by atoms with Crippen LogP contribution < -0.4 is 0 Å². The Labute approximate surface area is 243 Å². The molecule has 3 N–H and O–H groups in total. The third-order valence-electron chi connectivity index (χ3n) is 8.32. The van der Waals surface area contributed by atoms with Gasteiger partial charge in [0.2, 0.25) is 0 Å². The van der Waals surface area contributed by atoms with Gasteiger partial charge in [0.15, 0.2) is 0 Å². The minimum Gasteiger partial charge on any atom is -0.393 e. The lowest BCUT2D eigenvalue weighted by Gasteiger charge is -2.38. The topological polar surface area (TPSA) is 104 Å². The molecule has 1 fully saturated rings. The van der Waals surface area contributed by atoms with Crippen LogP contribution in [0.1, 0.15) is 42.7 Å². The van der Waals surface area contributed by atoms with Gasteiger partial charge in [-0.1, -0.05) is 26.0 Å². The van der Waals surface area contributed by atoms with Crippen molar-refractivity contribution in [3.8, 4) is 16.8 Å². The third-order valence-corrected chi connectivity index (χ3v) is 8.32. The molecule has 218 valence electrons. The fourth-order valence-corrected chi connectivity index (χ4v) is 6.32. The number of rotatable bonds is 7. The van der Waals surface area contributed by atoms with Gasteiger partial charge >= 0.3 is 0 Å². The number of nitrogens with zero attached hydrogens (tertiary/aromatic N) is 3. The lowest BCUT2D eigenvalue weighted by Crippen LogP contribution is -2.52. The Morgan fingerprint density at radius 2 is 1.88 bits per heavy atom. The minimum atomic E-state index is -1.27. The standard InChI is InChI=1S/C33H35FN4O4/c1-32(2,20-42-3)30-29(21-5-7-22(8-6-21)31(40)37-14-4-13-33(41,18-37)19-39)26-16-27-23(17-35-36-27)15-28(26)38(30)25-11-9-24(34)10-12-25/h5-12,15-17,39,41H,4,13-14,18-20H2,1-3H3,(H,35,36). The maximum atomic E-state index is 14.0. The Bertz CT molecular complexity index is 1760. The summed E-state index contributed by atoms with van der Waals surface area (Å²) in [5.41, 5.74) is 4.34. The van der Waals surface area contributed by atoms with E-state index in [-0.39, 0.29) is 24.9 Å². The number of benzene rings is 3. The number of methoxy groups -OCH3 is 1. The van der Waals surface area contributed by atoms with E-state index in [4.69, 9.17) is 4.74 Å². The second kappa shape index (κ2) is 10.7. The summed E-state index contributed by atoms with van der Waals surface area (Å²) >= 11 is 0. The van der Waals surface area contributed by atoms with Crippen molar-refractivity contribution in [2.75, 3.05) is 33.4 Å². The number of H-pyrrole nitrogens is 1. The normalized spacial score (nSPS) is 17.8. The van der Waals surface area contributed by atoms with Crippen LogP contribution in [0.3, 0.4) is 0 Å². The van der Waals surface area contributed by atoms with E-state index in [1.807, 2.05) is 24.3 Å². The highest BCUT2D eigenvalue weighted by Crippen LogP contribution is 2.44. The van der Waals surface area contributed by atoms with E-state index in [0.717, 1.165) is 44.3 Å². The van der Waals surface area contributed by atoms with Crippen LogP contribution in [-0.2, 0) is 10.2 Å². The molecule has 8 nitrogen and oxygen atoms in total. The lowest BCUT2D eigenvalue weighted by atomic mass is 9.84. The second-order valence-corrected chi connectivity index (χ2v) is 12.0. The fourth-order valence-electron chi connectivity index (χ4n) is 6.32. The maximum Gasteiger partial charge on any atom is 0.253 e. The zero-order valence-electron chi connectivity index (χ0n) is 24.0. The number of β-amino-alcohol motifs (C(OH)–C–C–N with tert-alkyl or cyclic N) is 1. The molecule has 1 amide bonds. The summed E-state index contributed by atoms with van der Waals surface area (Å²) in [5.74, 6) is -0.488. The van der Waals surface area contributed by atoms with Crippen LogP contribution in [0.4, 0.5) is 4.39 Å². The van der Waals surface area contributed by atoms with Gasteiger partial charge in [0.05, 0.1) is 37.0 Å². The summed E-state index contributed by atoms with van der Waals surface area (Å²) in [6.07, 6.45) is 2.88. The van der Waals surface area contributed by atoms with Crippen molar-refractivity contribution in [2.24, 2.45) is 0 Å². The number of hydrogen-bond donors (Lipinski definition) is 3. The van der Waals surface area contributed by atoms with E-state index in [2.05, 4.69) is 40.7 Å². The van der Waals surface area contributed by atoms with Crippen molar-refractivity contribution in [2.45, 2.75) is 37.7 Å². The Morgan fingerprint density at radius 3 is 2.57 bits per heavy atom. The zero-order chi connectivity index (χ0) is 29.6. The number of fused-ring (bicyclic) bond motifs is 2. The predicted molar refractivity (Wildman–Crippen MR) is 160 cm³/mol. The first-order chi connectivity index (χ1) is 20.1. The molecule has 0 radical (unpaired) electrons. The Kier molecular flexibility index (Phi) is 7.12. The van der Waals surface area contributed by atoms with E-state index < -0.39 is 11.0 Å². The fraction of sp³-hybridized carbons (Fsp3) is 0.333. The minimum absolute atomic E-state index is 0.102. The van der Waals surface area contributed by atoms with E-state index >= 15 is 0 Å². The summed E-state index contributed by atoms with van der Waals surface area (Å²) < 4.78 is 21.9. The van der Waals surface area contributed by atoms with Crippen LogP contribution >= 0.6 is 0 Å². The van der Waals surface area contributed by atoms with Gasteiger partial charge in [0, 0.05) is 52.4 Å².